The van der Waals surface area contributed by atoms with Gasteiger partial charge in [0.15, 0.2) is 0 Å². The molecule has 1 N–H and O–H groups in total. The van der Waals surface area contributed by atoms with Crippen LogP contribution >= 0.6 is 0 Å². The van der Waals surface area contributed by atoms with Crippen molar-refractivity contribution in [2.75, 3.05) is 6.61 Å². The molecule has 0 aromatic heterocycles. The van der Waals surface area contributed by atoms with Gasteiger partial charge in [-0.05, 0) is 56.9 Å². The summed E-state index contributed by atoms with van der Waals surface area (Å²) in [6.45, 7) is 2.19. The van der Waals surface area contributed by atoms with Gasteiger partial charge in [0, 0.05) is 6.08 Å². The highest BCUT2D eigenvalue weighted by Gasteiger charge is 2.45. The Kier molecular flexibility index (Phi) is 3.33. The third-order valence-corrected chi connectivity index (χ3v) is 3.92. The Morgan fingerprint density at radius 1 is 1.56 bits per heavy atom. The van der Waals surface area contributed by atoms with E-state index in [1.54, 1.807) is 6.92 Å². The van der Waals surface area contributed by atoms with Crippen LogP contribution in [0.5, 0.6) is 0 Å². The molecule has 3 nitrogen and oxygen atoms in total. The van der Waals surface area contributed by atoms with E-state index >= 15 is 0 Å². The number of ether oxygens (including phenoxy) is 1. The molecule has 0 spiro atoms. The maximum absolute atomic E-state index is 11.4. The number of fused-ring (bicyclic) bond motifs is 1. The maximum atomic E-state index is 11.4. The summed E-state index contributed by atoms with van der Waals surface area (Å²) >= 11 is 0. The number of esters is 1. The first-order chi connectivity index (χ1) is 7.66. The van der Waals surface area contributed by atoms with Gasteiger partial charge in [-0.2, -0.15) is 0 Å². The Hall–Kier alpha value is -0.830. The van der Waals surface area contributed by atoms with Gasteiger partial charge in [-0.25, -0.2) is 4.79 Å². The lowest BCUT2D eigenvalue weighted by Gasteiger charge is -2.37. The number of hydrogen-bond donors (Lipinski definition) is 1. The molecule has 0 unspecified atom stereocenters. The van der Waals surface area contributed by atoms with Gasteiger partial charge in [0.25, 0.3) is 0 Å². The molecule has 2 atom stereocenters. The van der Waals surface area contributed by atoms with Crippen LogP contribution in [0.2, 0.25) is 0 Å². The molecule has 3 heteroatoms. The zero-order valence-corrected chi connectivity index (χ0v) is 9.87. The molecular formula is C13H20O3. The van der Waals surface area contributed by atoms with E-state index in [0.717, 1.165) is 44.1 Å². The fourth-order valence-electron chi connectivity index (χ4n) is 3.15. The van der Waals surface area contributed by atoms with Crippen LogP contribution < -0.4 is 0 Å². The minimum atomic E-state index is -0.703. The SMILES string of the molecule is CCOC(=O)/C=C1\CCC[C@@H]2CCC[C@]12O. The van der Waals surface area contributed by atoms with Crippen LogP contribution in [0.1, 0.15) is 45.4 Å². The van der Waals surface area contributed by atoms with Crippen LogP contribution in [0.15, 0.2) is 11.6 Å². The maximum Gasteiger partial charge on any atom is 0.330 e. The fourth-order valence-corrected chi connectivity index (χ4v) is 3.15. The molecule has 2 aliphatic carbocycles. The molecule has 0 radical (unpaired) electrons. The van der Waals surface area contributed by atoms with Crippen molar-refractivity contribution in [1.29, 1.82) is 0 Å². The summed E-state index contributed by atoms with van der Waals surface area (Å²) in [5.74, 6) is 0.0559. The zero-order chi connectivity index (χ0) is 11.6. The topological polar surface area (TPSA) is 46.5 Å². The summed E-state index contributed by atoms with van der Waals surface area (Å²) in [6, 6.07) is 0. The largest absolute Gasteiger partial charge is 0.463 e. The van der Waals surface area contributed by atoms with Crippen molar-refractivity contribution in [3.8, 4) is 0 Å². The van der Waals surface area contributed by atoms with E-state index in [2.05, 4.69) is 0 Å². The molecule has 0 aromatic carbocycles. The van der Waals surface area contributed by atoms with Crippen molar-refractivity contribution in [2.45, 2.75) is 51.0 Å². The van der Waals surface area contributed by atoms with Crippen LogP contribution in [0.25, 0.3) is 0 Å². The van der Waals surface area contributed by atoms with Gasteiger partial charge in [-0.3, -0.25) is 0 Å². The lowest BCUT2D eigenvalue weighted by atomic mass is 9.74. The molecule has 16 heavy (non-hydrogen) atoms. The van der Waals surface area contributed by atoms with Crippen LogP contribution in [-0.4, -0.2) is 23.3 Å². The second-order valence-electron chi connectivity index (χ2n) is 4.83. The summed E-state index contributed by atoms with van der Waals surface area (Å²) in [6.07, 6.45) is 7.52. The van der Waals surface area contributed by atoms with E-state index in [1.165, 1.54) is 6.08 Å². The summed E-state index contributed by atoms with van der Waals surface area (Å²) in [5.41, 5.74) is 0.199. The molecule has 2 rings (SSSR count). The number of carbonyl (C=O) groups is 1. The second kappa shape index (κ2) is 4.58. The average Bonchev–Trinajstić information content (AvgIpc) is 2.62. The van der Waals surface area contributed by atoms with Gasteiger partial charge in [0.05, 0.1) is 12.2 Å². The quantitative estimate of drug-likeness (QED) is 0.577. The molecule has 0 aliphatic heterocycles. The standard InChI is InChI=1S/C13H20O3/c1-2-16-12(14)9-11-6-3-5-10-7-4-8-13(10,11)15/h9-10,15H,2-8H2,1H3/b11-9+/t10-,13-/m1/s1. The second-order valence-corrected chi connectivity index (χ2v) is 4.83. The molecule has 0 saturated heterocycles. The lowest BCUT2D eigenvalue weighted by molar-refractivity contribution is -0.137. The van der Waals surface area contributed by atoms with Crippen LogP contribution in [0.4, 0.5) is 0 Å². The highest BCUT2D eigenvalue weighted by atomic mass is 16.5. The first-order valence-electron chi connectivity index (χ1n) is 6.27. The van der Waals surface area contributed by atoms with Crippen molar-refractivity contribution < 1.29 is 14.6 Å². The molecule has 0 bridgehead atoms. The van der Waals surface area contributed by atoms with Crippen LogP contribution in [0.3, 0.4) is 0 Å². The van der Waals surface area contributed by atoms with Crippen LogP contribution in [0, 0.1) is 5.92 Å². The molecule has 0 aromatic rings. The highest BCUT2D eigenvalue weighted by Crippen LogP contribution is 2.48. The minimum Gasteiger partial charge on any atom is -0.463 e. The Morgan fingerprint density at radius 3 is 3.06 bits per heavy atom. The van der Waals surface area contributed by atoms with E-state index in [4.69, 9.17) is 4.74 Å². The Balaban J connectivity index is 2.16. The molecule has 2 fully saturated rings. The zero-order valence-electron chi connectivity index (χ0n) is 9.87. The predicted molar refractivity (Wildman–Crippen MR) is 60.9 cm³/mol. The van der Waals surface area contributed by atoms with E-state index in [9.17, 15) is 9.90 Å². The van der Waals surface area contributed by atoms with Crippen molar-refractivity contribution in [1.82, 2.24) is 0 Å². The lowest BCUT2D eigenvalue weighted by Crippen LogP contribution is -2.38. The van der Waals surface area contributed by atoms with E-state index in [0.29, 0.717) is 12.5 Å². The van der Waals surface area contributed by atoms with Gasteiger partial charge >= 0.3 is 5.97 Å². The first kappa shape index (κ1) is 11.6. The number of carbonyl (C=O) groups excluding carboxylic acids is 1. The molecular weight excluding hydrogens is 204 g/mol. The average molecular weight is 224 g/mol. The molecule has 2 saturated carbocycles. The Labute approximate surface area is 96.5 Å². The Morgan fingerprint density at radius 2 is 2.31 bits per heavy atom. The fraction of sp³-hybridized carbons (Fsp3) is 0.769. The predicted octanol–water partition coefficient (Wildman–Crippen LogP) is 2.19. The van der Waals surface area contributed by atoms with Gasteiger partial charge in [0.1, 0.15) is 0 Å². The molecule has 90 valence electrons. The van der Waals surface area contributed by atoms with Crippen molar-refractivity contribution >= 4 is 5.97 Å². The van der Waals surface area contributed by atoms with E-state index in [-0.39, 0.29) is 5.97 Å². The monoisotopic (exact) mass is 224 g/mol. The summed E-state index contributed by atoms with van der Waals surface area (Å²) in [5, 5.41) is 10.6. The summed E-state index contributed by atoms with van der Waals surface area (Å²) in [4.78, 5) is 11.4. The Bertz CT molecular complexity index is 308. The van der Waals surface area contributed by atoms with Gasteiger partial charge < -0.3 is 9.84 Å². The van der Waals surface area contributed by atoms with Crippen LogP contribution in [-0.2, 0) is 9.53 Å². The van der Waals surface area contributed by atoms with Crippen molar-refractivity contribution in [3.05, 3.63) is 11.6 Å². The number of aliphatic hydroxyl groups is 1. The van der Waals surface area contributed by atoms with Crippen molar-refractivity contribution in [3.63, 3.8) is 0 Å². The van der Waals surface area contributed by atoms with E-state index < -0.39 is 5.60 Å². The van der Waals surface area contributed by atoms with Gasteiger partial charge in [-0.15, -0.1) is 0 Å². The molecule has 0 amide bonds. The van der Waals surface area contributed by atoms with Crippen molar-refractivity contribution in [2.24, 2.45) is 5.92 Å². The van der Waals surface area contributed by atoms with E-state index in [1.807, 2.05) is 0 Å². The third kappa shape index (κ3) is 2.01. The summed E-state index contributed by atoms with van der Waals surface area (Å²) in [7, 11) is 0. The number of hydrogen-bond acceptors (Lipinski definition) is 3. The minimum absolute atomic E-state index is 0.307. The first-order valence-corrected chi connectivity index (χ1v) is 6.27. The normalized spacial score (nSPS) is 36.1. The summed E-state index contributed by atoms with van der Waals surface area (Å²) < 4.78 is 4.91. The molecule has 0 heterocycles. The number of rotatable bonds is 2. The molecule has 2 aliphatic rings. The smallest absolute Gasteiger partial charge is 0.330 e. The third-order valence-electron chi connectivity index (χ3n) is 3.92. The van der Waals surface area contributed by atoms with Gasteiger partial charge in [-0.1, -0.05) is 0 Å². The highest BCUT2D eigenvalue weighted by molar-refractivity contribution is 5.83. The van der Waals surface area contributed by atoms with Gasteiger partial charge in [0.2, 0.25) is 0 Å².